The van der Waals surface area contributed by atoms with Crippen LogP contribution in [-0.4, -0.2) is 24.1 Å². The van der Waals surface area contributed by atoms with Gasteiger partial charge < -0.3 is 9.13 Å². The van der Waals surface area contributed by atoms with Crippen LogP contribution in [0.4, 0.5) is 0 Å². The summed E-state index contributed by atoms with van der Waals surface area (Å²) in [5.74, 6) is 1.45. The lowest BCUT2D eigenvalue weighted by Gasteiger charge is -2.23. The summed E-state index contributed by atoms with van der Waals surface area (Å²) < 4.78 is 4.67. The summed E-state index contributed by atoms with van der Waals surface area (Å²) in [6, 6.07) is 78.9. The molecule has 13 aromatic rings. The average molecular weight is 998 g/mol. The van der Waals surface area contributed by atoms with Crippen LogP contribution in [-0.2, 0) is 10.8 Å². The average Bonchev–Trinajstić information content (AvgIpc) is 3.26. The molecule has 0 unspecified atom stereocenters. The van der Waals surface area contributed by atoms with Gasteiger partial charge in [-0.15, -0.1) is 0 Å². The number of rotatable bonds is 6. The van der Waals surface area contributed by atoms with Crippen LogP contribution in [0.5, 0.6) is 0 Å². The Morgan fingerprint density at radius 1 is 0.359 bits per heavy atom. The van der Waals surface area contributed by atoms with Gasteiger partial charge in [-0.1, -0.05) is 179 Å². The van der Waals surface area contributed by atoms with Crippen molar-refractivity contribution in [3.8, 4) is 91.1 Å². The quantitative estimate of drug-likeness (QED) is 0.165. The zero-order chi connectivity index (χ0) is 52.6. The predicted molar refractivity (Wildman–Crippen MR) is 315 cm³/mol. The molecule has 0 N–H and O–H groups in total. The van der Waals surface area contributed by atoms with Crippen molar-refractivity contribution in [3.63, 3.8) is 0 Å². The van der Waals surface area contributed by atoms with E-state index in [9.17, 15) is 10.5 Å². The minimum absolute atomic E-state index is 0.271. The van der Waals surface area contributed by atoms with Gasteiger partial charge in [0.25, 0.3) is 0 Å². The van der Waals surface area contributed by atoms with Gasteiger partial charge in [-0.2, -0.15) is 10.5 Å². The van der Waals surface area contributed by atoms with Gasteiger partial charge >= 0.3 is 0 Å². The second-order valence-corrected chi connectivity index (χ2v) is 21.7. The smallest absolute Gasteiger partial charge is 0.166 e. The van der Waals surface area contributed by atoms with Crippen LogP contribution in [0.3, 0.4) is 0 Å². The molecule has 3 aromatic heterocycles. The molecule has 366 valence electrons. The number of hydrogen-bond donors (Lipinski definition) is 0. The van der Waals surface area contributed by atoms with Gasteiger partial charge in [0, 0.05) is 49.1 Å². The number of para-hydroxylation sites is 2. The highest BCUT2D eigenvalue weighted by Gasteiger charge is 2.40. The van der Waals surface area contributed by atoms with Crippen molar-refractivity contribution in [2.75, 3.05) is 0 Å². The molecule has 7 nitrogen and oxygen atoms in total. The maximum Gasteiger partial charge on any atom is 0.166 e. The van der Waals surface area contributed by atoms with Gasteiger partial charge in [0.2, 0.25) is 0 Å². The summed E-state index contributed by atoms with van der Waals surface area (Å²) in [4.78, 5) is 16.4. The first kappa shape index (κ1) is 45.2. The third kappa shape index (κ3) is 6.34. The molecule has 2 aliphatic carbocycles. The Balaban J connectivity index is 1.02. The largest absolute Gasteiger partial charge is 0.308 e. The molecule has 0 spiro atoms. The molecule has 0 amide bonds. The highest BCUT2D eigenvalue weighted by molar-refractivity contribution is 6.16. The number of aromatic nitrogens is 5. The van der Waals surface area contributed by atoms with Crippen LogP contribution in [0, 0.1) is 22.7 Å². The van der Waals surface area contributed by atoms with Crippen molar-refractivity contribution in [3.05, 3.63) is 246 Å². The summed E-state index contributed by atoms with van der Waals surface area (Å²) in [6.45, 7) is 9.35. The van der Waals surface area contributed by atoms with E-state index in [4.69, 9.17) is 15.0 Å². The van der Waals surface area contributed by atoms with Crippen molar-refractivity contribution in [2.45, 2.75) is 38.5 Å². The molecule has 3 heterocycles. The summed E-state index contributed by atoms with van der Waals surface area (Å²) in [5, 5.41) is 25.8. The maximum absolute atomic E-state index is 10.6. The van der Waals surface area contributed by atoms with Crippen molar-refractivity contribution < 1.29 is 0 Å². The third-order valence-electron chi connectivity index (χ3n) is 16.8. The minimum atomic E-state index is -0.277. The maximum atomic E-state index is 10.6. The lowest BCUT2D eigenvalue weighted by atomic mass is 9.80. The number of nitrogens with zero attached hydrogens (tertiary/aromatic N) is 7. The van der Waals surface area contributed by atoms with Crippen LogP contribution < -0.4 is 0 Å². The van der Waals surface area contributed by atoms with E-state index < -0.39 is 0 Å². The van der Waals surface area contributed by atoms with Gasteiger partial charge in [0.1, 0.15) is 0 Å². The van der Waals surface area contributed by atoms with Crippen molar-refractivity contribution >= 4 is 43.6 Å². The second kappa shape index (κ2) is 16.6. The van der Waals surface area contributed by atoms with Crippen molar-refractivity contribution in [2.24, 2.45) is 0 Å². The molecule has 0 radical (unpaired) electrons. The summed E-state index contributed by atoms with van der Waals surface area (Å²) in [6.07, 6.45) is 0. The van der Waals surface area contributed by atoms with E-state index in [1.165, 1.54) is 55.3 Å². The molecule has 0 aliphatic heterocycles. The first-order valence-electron chi connectivity index (χ1n) is 26.5. The highest BCUT2D eigenvalue weighted by atomic mass is 15.1. The topological polar surface area (TPSA) is 96.1 Å². The molecule has 2 aliphatic rings. The fourth-order valence-corrected chi connectivity index (χ4v) is 13.4. The Morgan fingerprint density at radius 3 is 1.38 bits per heavy atom. The Morgan fingerprint density at radius 2 is 0.821 bits per heavy atom. The minimum Gasteiger partial charge on any atom is -0.308 e. The molecule has 15 rings (SSSR count). The highest BCUT2D eigenvalue weighted by Crippen LogP contribution is 2.55. The number of benzene rings is 10. The molecular formula is C71H47N7. The first-order chi connectivity index (χ1) is 38.1. The molecule has 0 saturated heterocycles. The molecule has 0 fully saturated rings. The van der Waals surface area contributed by atoms with E-state index in [1.807, 2.05) is 72.8 Å². The molecular weight excluding hydrogens is 951 g/mol. The Bertz CT molecular complexity index is 4820. The number of fused-ring (bicyclic) bond motifs is 14. The SMILES string of the molecule is CC1(C)c2ccccc2-c2ccc3c(c21)c1ccccc1n3-c1cc(C#N)ccc1-c1nc(-c2ccccc2)nc(-c2ccc(-c3ccccc3C#N)cc2-n2c3ccccc3c3c4c(ccc32)-c2ccccc2C4(C)C)n1. The zero-order valence-electron chi connectivity index (χ0n) is 43.3. The van der Waals surface area contributed by atoms with Crippen molar-refractivity contribution in [1.82, 2.24) is 24.1 Å². The predicted octanol–water partition coefficient (Wildman–Crippen LogP) is 17.1. The fraction of sp³-hybridized carbons (Fsp3) is 0.0845. The summed E-state index contributed by atoms with van der Waals surface area (Å²) >= 11 is 0. The Kier molecular flexibility index (Phi) is 9.65. The molecule has 78 heavy (non-hydrogen) atoms. The Labute approximate surface area is 451 Å². The van der Waals surface area contributed by atoms with E-state index in [1.54, 1.807) is 0 Å². The van der Waals surface area contributed by atoms with Crippen LogP contribution in [0.1, 0.15) is 61.1 Å². The van der Waals surface area contributed by atoms with Crippen molar-refractivity contribution in [1.29, 1.82) is 10.5 Å². The van der Waals surface area contributed by atoms with Crippen LogP contribution in [0.15, 0.2) is 212 Å². The van der Waals surface area contributed by atoms with Gasteiger partial charge in [0.05, 0.1) is 56.7 Å². The van der Waals surface area contributed by atoms with E-state index in [0.29, 0.717) is 28.6 Å². The van der Waals surface area contributed by atoms with Gasteiger partial charge in [-0.05, 0) is 116 Å². The van der Waals surface area contributed by atoms with Crippen LogP contribution in [0.25, 0.3) is 123 Å². The standard InChI is InChI=1S/C71H47N7/c1-70(2)55-26-14-10-22-47(55)49-34-36-59-63(65(49)70)51-24-12-16-28-57(51)77(59)61-38-42(40-72)30-32-53(61)68-74-67(43-18-6-5-7-19-43)75-69(76-68)54-33-31-44(46-21-9-8-20-45(46)41-73)39-62(54)78-58-29-17-13-25-52(58)64-60(78)37-35-50-48-23-11-15-27-56(48)71(3,4)66(50)64/h5-39H,1-4H3. The lowest BCUT2D eigenvalue weighted by molar-refractivity contribution is 0.666. The van der Waals surface area contributed by atoms with Gasteiger partial charge in [0.15, 0.2) is 17.5 Å². The van der Waals surface area contributed by atoms with Gasteiger partial charge in [-0.3, -0.25) is 0 Å². The number of hydrogen-bond acceptors (Lipinski definition) is 5. The molecule has 10 aromatic carbocycles. The van der Waals surface area contributed by atoms with Crippen LogP contribution in [0.2, 0.25) is 0 Å². The van der Waals surface area contributed by atoms with E-state index >= 15 is 0 Å². The number of nitriles is 2. The first-order valence-corrected chi connectivity index (χ1v) is 26.5. The van der Waals surface area contributed by atoms with E-state index in [0.717, 1.165) is 72.0 Å². The molecule has 0 bridgehead atoms. The summed E-state index contributed by atoms with van der Waals surface area (Å²) in [5.41, 5.74) is 20.6. The molecule has 7 heteroatoms. The van der Waals surface area contributed by atoms with Crippen LogP contribution >= 0.6 is 0 Å². The second-order valence-electron chi connectivity index (χ2n) is 21.7. The molecule has 0 atom stereocenters. The summed E-state index contributed by atoms with van der Waals surface area (Å²) in [7, 11) is 0. The van der Waals surface area contributed by atoms with Gasteiger partial charge in [-0.25, -0.2) is 15.0 Å². The van der Waals surface area contributed by atoms with E-state index in [2.05, 4.69) is 188 Å². The fourth-order valence-electron chi connectivity index (χ4n) is 13.4. The molecule has 0 saturated carbocycles. The lowest BCUT2D eigenvalue weighted by Crippen LogP contribution is -2.15. The third-order valence-corrected chi connectivity index (χ3v) is 16.8. The van der Waals surface area contributed by atoms with E-state index in [-0.39, 0.29) is 10.8 Å². The Hall–Kier alpha value is -10.2. The normalized spacial score (nSPS) is 13.6. The monoisotopic (exact) mass is 997 g/mol. The zero-order valence-corrected chi connectivity index (χ0v) is 43.3.